The summed E-state index contributed by atoms with van der Waals surface area (Å²) in [5, 5.41) is 14.9. The lowest BCUT2D eigenvalue weighted by Gasteiger charge is -2.04. The third kappa shape index (κ3) is 2.82. The number of nitrogens with zero attached hydrogens (tertiary/aromatic N) is 2. The summed E-state index contributed by atoms with van der Waals surface area (Å²) in [7, 11) is 1.72. The number of amides is 1. The fourth-order valence-electron chi connectivity index (χ4n) is 1.36. The van der Waals surface area contributed by atoms with E-state index >= 15 is 0 Å². The van der Waals surface area contributed by atoms with Gasteiger partial charge in [-0.3, -0.25) is 14.3 Å². The van der Waals surface area contributed by atoms with E-state index in [0.29, 0.717) is 11.3 Å². The summed E-state index contributed by atoms with van der Waals surface area (Å²) < 4.78 is 1.55. The molecule has 16 heavy (non-hydrogen) atoms. The van der Waals surface area contributed by atoms with Gasteiger partial charge in [-0.2, -0.15) is 5.10 Å². The Balaban J connectivity index is 2.86. The minimum absolute atomic E-state index is 0.117. The lowest BCUT2D eigenvalue weighted by atomic mass is 10.1. The summed E-state index contributed by atoms with van der Waals surface area (Å²) in [6, 6.07) is 0. The molecular formula is C10H15N3O3. The van der Waals surface area contributed by atoms with E-state index in [1.807, 2.05) is 13.8 Å². The molecule has 1 amide bonds. The molecular weight excluding hydrogens is 210 g/mol. The minimum atomic E-state index is -1.07. The highest BCUT2D eigenvalue weighted by Gasteiger charge is 2.18. The van der Waals surface area contributed by atoms with Crippen LogP contribution in [0.5, 0.6) is 0 Å². The number of aliphatic carboxylic acids is 1. The van der Waals surface area contributed by atoms with E-state index in [2.05, 4.69) is 10.4 Å². The van der Waals surface area contributed by atoms with E-state index < -0.39 is 11.9 Å². The van der Waals surface area contributed by atoms with Crippen molar-refractivity contribution in [2.75, 3.05) is 6.54 Å². The number of aryl methyl sites for hydroxylation is 1. The Kier molecular flexibility index (Phi) is 3.65. The normalized spacial score (nSPS) is 10.5. The summed E-state index contributed by atoms with van der Waals surface area (Å²) in [5.74, 6) is -1.35. The van der Waals surface area contributed by atoms with Crippen LogP contribution in [0.1, 0.15) is 35.8 Å². The minimum Gasteiger partial charge on any atom is -0.480 e. The molecule has 0 aromatic carbocycles. The third-order valence-electron chi connectivity index (χ3n) is 2.05. The van der Waals surface area contributed by atoms with Crippen molar-refractivity contribution in [1.82, 2.24) is 15.1 Å². The van der Waals surface area contributed by atoms with E-state index in [4.69, 9.17) is 5.11 Å². The number of carbonyl (C=O) groups is 2. The summed E-state index contributed by atoms with van der Waals surface area (Å²) >= 11 is 0. The Morgan fingerprint density at radius 1 is 1.56 bits per heavy atom. The van der Waals surface area contributed by atoms with Crippen molar-refractivity contribution in [2.45, 2.75) is 19.8 Å². The standard InChI is InChI=1S/C10H15N3O3/c1-6(2)9-7(5-13(3)12-9)10(16)11-4-8(14)15/h5-6H,4H2,1-3H3,(H,11,16)(H,14,15). The van der Waals surface area contributed by atoms with Gasteiger partial charge in [-0.1, -0.05) is 13.8 Å². The second kappa shape index (κ2) is 4.78. The van der Waals surface area contributed by atoms with Gasteiger partial charge in [0.25, 0.3) is 5.91 Å². The van der Waals surface area contributed by atoms with Crippen LogP contribution in [0.15, 0.2) is 6.20 Å². The number of aromatic nitrogens is 2. The fraction of sp³-hybridized carbons (Fsp3) is 0.500. The monoisotopic (exact) mass is 225 g/mol. The topological polar surface area (TPSA) is 84.2 Å². The first-order valence-corrected chi connectivity index (χ1v) is 4.95. The zero-order valence-corrected chi connectivity index (χ0v) is 9.52. The van der Waals surface area contributed by atoms with Crippen LogP contribution in [0.2, 0.25) is 0 Å². The van der Waals surface area contributed by atoms with E-state index in [1.54, 1.807) is 17.9 Å². The molecule has 1 aromatic heterocycles. The predicted molar refractivity (Wildman–Crippen MR) is 57.3 cm³/mol. The van der Waals surface area contributed by atoms with Gasteiger partial charge in [0, 0.05) is 13.2 Å². The maximum absolute atomic E-state index is 11.7. The first-order valence-electron chi connectivity index (χ1n) is 4.95. The van der Waals surface area contributed by atoms with E-state index in [-0.39, 0.29) is 12.5 Å². The van der Waals surface area contributed by atoms with Crippen LogP contribution in [0.4, 0.5) is 0 Å². The molecule has 1 heterocycles. The van der Waals surface area contributed by atoms with Crippen molar-refractivity contribution in [3.63, 3.8) is 0 Å². The van der Waals surface area contributed by atoms with Gasteiger partial charge in [-0.15, -0.1) is 0 Å². The number of carboxylic acid groups (broad SMARTS) is 1. The van der Waals surface area contributed by atoms with Crippen molar-refractivity contribution in [2.24, 2.45) is 7.05 Å². The summed E-state index contributed by atoms with van der Waals surface area (Å²) in [4.78, 5) is 22.0. The van der Waals surface area contributed by atoms with Gasteiger partial charge < -0.3 is 10.4 Å². The number of nitrogens with one attached hydrogen (secondary N) is 1. The fourth-order valence-corrected chi connectivity index (χ4v) is 1.36. The maximum atomic E-state index is 11.7. The molecule has 0 bridgehead atoms. The van der Waals surface area contributed by atoms with Gasteiger partial charge in [-0.05, 0) is 5.92 Å². The van der Waals surface area contributed by atoms with Gasteiger partial charge in [0.15, 0.2) is 0 Å². The third-order valence-corrected chi connectivity index (χ3v) is 2.05. The molecule has 0 aliphatic carbocycles. The molecule has 88 valence electrons. The van der Waals surface area contributed by atoms with Crippen LogP contribution >= 0.6 is 0 Å². The highest BCUT2D eigenvalue weighted by Crippen LogP contribution is 2.16. The number of hydrogen-bond donors (Lipinski definition) is 2. The average Bonchev–Trinajstić information content (AvgIpc) is 2.56. The number of hydrogen-bond acceptors (Lipinski definition) is 3. The number of carboxylic acids is 1. The summed E-state index contributed by atoms with van der Waals surface area (Å²) in [6.45, 7) is 3.47. The van der Waals surface area contributed by atoms with Gasteiger partial charge >= 0.3 is 5.97 Å². The van der Waals surface area contributed by atoms with Crippen molar-refractivity contribution in [1.29, 1.82) is 0 Å². The van der Waals surface area contributed by atoms with Crippen molar-refractivity contribution in [3.8, 4) is 0 Å². The summed E-state index contributed by atoms with van der Waals surface area (Å²) in [5.41, 5.74) is 1.10. The van der Waals surface area contributed by atoms with Crippen LogP contribution in [-0.2, 0) is 11.8 Å². The molecule has 0 saturated heterocycles. The van der Waals surface area contributed by atoms with Crippen LogP contribution < -0.4 is 5.32 Å². The number of rotatable bonds is 4. The molecule has 6 nitrogen and oxygen atoms in total. The van der Waals surface area contributed by atoms with Gasteiger partial charge in [0.05, 0.1) is 11.3 Å². The highest BCUT2D eigenvalue weighted by molar-refractivity contribution is 5.96. The Hall–Kier alpha value is -1.85. The Morgan fingerprint density at radius 3 is 2.69 bits per heavy atom. The molecule has 6 heteroatoms. The lowest BCUT2D eigenvalue weighted by Crippen LogP contribution is -2.29. The number of carbonyl (C=O) groups excluding carboxylic acids is 1. The molecule has 0 spiro atoms. The maximum Gasteiger partial charge on any atom is 0.322 e. The van der Waals surface area contributed by atoms with E-state index in [1.165, 1.54) is 0 Å². The highest BCUT2D eigenvalue weighted by atomic mass is 16.4. The largest absolute Gasteiger partial charge is 0.480 e. The Labute approximate surface area is 93.3 Å². The molecule has 0 saturated carbocycles. The van der Waals surface area contributed by atoms with Crippen molar-refractivity contribution < 1.29 is 14.7 Å². The molecule has 0 aliphatic heterocycles. The quantitative estimate of drug-likeness (QED) is 0.774. The van der Waals surface area contributed by atoms with Gasteiger partial charge in [0.2, 0.25) is 0 Å². The van der Waals surface area contributed by atoms with Crippen molar-refractivity contribution in [3.05, 3.63) is 17.5 Å². The van der Waals surface area contributed by atoms with Crippen LogP contribution in [-0.4, -0.2) is 33.3 Å². The first-order chi connectivity index (χ1) is 7.41. The van der Waals surface area contributed by atoms with E-state index in [9.17, 15) is 9.59 Å². The first kappa shape index (κ1) is 12.2. The van der Waals surface area contributed by atoms with Crippen LogP contribution in [0.3, 0.4) is 0 Å². The molecule has 1 rings (SSSR count). The second-order valence-electron chi connectivity index (χ2n) is 3.83. The van der Waals surface area contributed by atoms with Gasteiger partial charge in [0.1, 0.15) is 6.54 Å². The lowest BCUT2D eigenvalue weighted by molar-refractivity contribution is -0.135. The molecule has 0 fully saturated rings. The van der Waals surface area contributed by atoms with Crippen LogP contribution in [0, 0.1) is 0 Å². The molecule has 0 radical (unpaired) electrons. The zero-order valence-electron chi connectivity index (χ0n) is 9.52. The average molecular weight is 225 g/mol. The molecule has 1 aromatic rings. The SMILES string of the molecule is CC(C)c1nn(C)cc1C(=O)NCC(=O)O. The zero-order chi connectivity index (χ0) is 12.3. The predicted octanol–water partition coefficient (Wildman–Crippen LogP) is 0.358. The van der Waals surface area contributed by atoms with Gasteiger partial charge in [-0.25, -0.2) is 0 Å². The molecule has 2 N–H and O–H groups in total. The second-order valence-corrected chi connectivity index (χ2v) is 3.83. The molecule has 0 aliphatic rings. The molecule has 0 atom stereocenters. The summed E-state index contributed by atoms with van der Waals surface area (Å²) in [6.07, 6.45) is 1.59. The van der Waals surface area contributed by atoms with Crippen molar-refractivity contribution >= 4 is 11.9 Å². The smallest absolute Gasteiger partial charge is 0.322 e. The Bertz CT molecular complexity index is 409. The Morgan fingerprint density at radius 2 is 2.19 bits per heavy atom. The van der Waals surface area contributed by atoms with E-state index in [0.717, 1.165) is 0 Å². The molecule has 0 unspecified atom stereocenters. The van der Waals surface area contributed by atoms with Crippen LogP contribution in [0.25, 0.3) is 0 Å².